The zero-order valence-electron chi connectivity index (χ0n) is 10.7. The summed E-state index contributed by atoms with van der Waals surface area (Å²) in [5, 5.41) is 11.7. The minimum absolute atomic E-state index is 0.0261. The lowest BCUT2D eigenvalue weighted by Crippen LogP contribution is -2.38. The Hall–Kier alpha value is -1.62. The number of aliphatic hydroxyl groups is 1. The molecule has 0 aliphatic heterocycles. The molecule has 100 valence electrons. The maximum atomic E-state index is 13.1. The van der Waals surface area contributed by atoms with Gasteiger partial charge >= 0.3 is 0 Å². The van der Waals surface area contributed by atoms with Crippen molar-refractivity contribution in [3.63, 3.8) is 0 Å². The zero-order valence-corrected chi connectivity index (χ0v) is 10.7. The van der Waals surface area contributed by atoms with Gasteiger partial charge in [0.2, 0.25) is 0 Å². The van der Waals surface area contributed by atoms with Crippen LogP contribution in [0.15, 0.2) is 18.2 Å². The van der Waals surface area contributed by atoms with Gasteiger partial charge in [-0.1, -0.05) is 6.92 Å². The summed E-state index contributed by atoms with van der Waals surface area (Å²) in [5.41, 5.74) is 0.148. The summed E-state index contributed by atoms with van der Waals surface area (Å²) in [6.07, 6.45) is 0. The average Bonchev–Trinajstić information content (AvgIpc) is 2.37. The van der Waals surface area contributed by atoms with E-state index in [0.29, 0.717) is 5.75 Å². The molecular weight excluding hydrogens is 237 g/mol. The van der Waals surface area contributed by atoms with Crippen LogP contribution < -0.4 is 10.1 Å². The van der Waals surface area contributed by atoms with Gasteiger partial charge < -0.3 is 15.2 Å². The van der Waals surface area contributed by atoms with Gasteiger partial charge in [0.05, 0.1) is 12.7 Å². The van der Waals surface area contributed by atoms with E-state index in [1.165, 1.54) is 19.2 Å². The second kappa shape index (κ2) is 6.35. The number of ether oxygens (including phenoxy) is 1. The van der Waals surface area contributed by atoms with Crippen molar-refractivity contribution in [3.8, 4) is 5.75 Å². The first-order chi connectivity index (χ1) is 8.49. The van der Waals surface area contributed by atoms with E-state index in [1.807, 2.05) is 6.92 Å². The molecule has 0 saturated heterocycles. The Balaban J connectivity index is 2.87. The van der Waals surface area contributed by atoms with Gasteiger partial charge in [0.15, 0.2) is 0 Å². The van der Waals surface area contributed by atoms with Crippen LogP contribution in [0, 0.1) is 11.7 Å². The highest BCUT2D eigenvalue weighted by Gasteiger charge is 2.18. The molecule has 1 amide bonds. The monoisotopic (exact) mass is 255 g/mol. The maximum Gasteiger partial charge on any atom is 0.255 e. The van der Waals surface area contributed by atoms with Crippen molar-refractivity contribution in [3.05, 3.63) is 29.6 Å². The third-order valence-electron chi connectivity index (χ3n) is 2.91. The quantitative estimate of drug-likeness (QED) is 0.840. The Bertz CT molecular complexity index is 423. The van der Waals surface area contributed by atoms with Crippen LogP contribution in [0.5, 0.6) is 5.75 Å². The van der Waals surface area contributed by atoms with Crippen molar-refractivity contribution in [1.29, 1.82) is 0 Å². The molecule has 0 bridgehead atoms. The Kier molecular flexibility index (Phi) is 5.09. The van der Waals surface area contributed by atoms with Crippen LogP contribution in [0.25, 0.3) is 0 Å². The first-order valence-electron chi connectivity index (χ1n) is 5.74. The normalized spacial score (nSPS) is 13.8. The number of benzene rings is 1. The third-order valence-corrected chi connectivity index (χ3v) is 2.91. The summed E-state index contributed by atoms with van der Waals surface area (Å²) >= 11 is 0. The van der Waals surface area contributed by atoms with Gasteiger partial charge in [-0.05, 0) is 31.0 Å². The molecule has 18 heavy (non-hydrogen) atoms. The number of amides is 1. The van der Waals surface area contributed by atoms with Crippen molar-refractivity contribution >= 4 is 5.91 Å². The minimum atomic E-state index is -0.496. The molecule has 0 fully saturated rings. The number of halogens is 1. The number of rotatable bonds is 5. The fraction of sp³-hybridized carbons (Fsp3) is 0.462. The molecule has 4 nitrogen and oxygen atoms in total. The van der Waals surface area contributed by atoms with E-state index in [1.54, 1.807) is 6.92 Å². The van der Waals surface area contributed by atoms with Crippen molar-refractivity contribution < 1.29 is 19.0 Å². The molecule has 5 heteroatoms. The summed E-state index contributed by atoms with van der Waals surface area (Å²) in [5.74, 6) is -0.672. The topological polar surface area (TPSA) is 58.6 Å². The van der Waals surface area contributed by atoms with Crippen molar-refractivity contribution in [2.24, 2.45) is 5.92 Å². The summed E-state index contributed by atoms with van der Waals surface area (Å²) in [6, 6.07) is 3.56. The highest BCUT2D eigenvalue weighted by molar-refractivity contribution is 5.97. The predicted molar refractivity (Wildman–Crippen MR) is 66.1 cm³/mol. The van der Waals surface area contributed by atoms with E-state index in [2.05, 4.69) is 5.32 Å². The second-order valence-corrected chi connectivity index (χ2v) is 4.27. The van der Waals surface area contributed by atoms with Crippen LogP contribution in [0.3, 0.4) is 0 Å². The molecular formula is C13H18FNO3. The summed E-state index contributed by atoms with van der Waals surface area (Å²) in [7, 11) is 1.42. The van der Waals surface area contributed by atoms with Crippen LogP contribution in [0.4, 0.5) is 4.39 Å². The highest BCUT2D eigenvalue weighted by Crippen LogP contribution is 2.19. The van der Waals surface area contributed by atoms with Gasteiger partial charge in [0.25, 0.3) is 5.91 Å². The SMILES string of the molecule is COc1ccc(F)cc1C(=O)NC(C)C(C)CO. The Morgan fingerprint density at radius 2 is 2.17 bits per heavy atom. The van der Waals surface area contributed by atoms with Gasteiger partial charge in [0, 0.05) is 12.6 Å². The van der Waals surface area contributed by atoms with Crippen molar-refractivity contribution in [2.45, 2.75) is 19.9 Å². The summed E-state index contributed by atoms with van der Waals surface area (Å²) in [4.78, 5) is 12.0. The maximum absolute atomic E-state index is 13.1. The Morgan fingerprint density at radius 1 is 1.50 bits per heavy atom. The summed E-state index contributed by atoms with van der Waals surface area (Å²) in [6.45, 7) is 3.57. The fourth-order valence-electron chi connectivity index (χ4n) is 1.44. The third kappa shape index (κ3) is 3.43. The largest absolute Gasteiger partial charge is 0.496 e. The fourth-order valence-corrected chi connectivity index (χ4v) is 1.44. The van der Waals surface area contributed by atoms with Crippen LogP contribution in [0.1, 0.15) is 24.2 Å². The summed E-state index contributed by atoms with van der Waals surface area (Å²) < 4.78 is 18.1. The highest BCUT2D eigenvalue weighted by atomic mass is 19.1. The molecule has 0 aliphatic rings. The lowest BCUT2D eigenvalue weighted by molar-refractivity contribution is 0.0912. The predicted octanol–water partition coefficient (Wildman–Crippen LogP) is 1.58. The van der Waals surface area contributed by atoms with Crippen LogP contribution >= 0.6 is 0 Å². The van der Waals surface area contributed by atoms with Crippen LogP contribution in [-0.2, 0) is 0 Å². The second-order valence-electron chi connectivity index (χ2n) is 4.27. The molecule has 0 aromatic heterocycles. The molecule has 2 N–H and O–H groups in total. The van der Waals surface area contributed by atoms with E-state index in [4.69, 9.17) is 9.84 Å². The molecule has 2 unspecified atom stereocenters. The number of hydrogen-bond acceptors (Lipinski definition) is 3. The zero-order chi connectivity index (χ0) is 13.7. The lowest BCUT2D eigenvalue weighted by Gasteiger charge is -2.19. The van der Waals surface area contributed by atoms with E-state index >= 15 is 0 Å². The number of nitrogens with one attached hydrogen (secondary N) is 1. The molecule has 0 saturated carbocycles. The number of hydrogen-bond donors (Lipinski definition) is 2. The standard InChI is InChI=1S/C13H18FNO3/c1-8(7-16)9(2)15-13(17)11-6-10(14)4-5-12(11)18-3/h4-6,8-9,16H,7H2,1-3H3,(H,15,17). The van der Waals surface area contributed by atoms with Gasteiger partial charge in [0.1, 0.15) is 11.6 Å². The molecule has 1 aromatic rings. The molecule has 0 heterocycles. The van der Waals surface area contributed by atoms with Crippen molar-refractivity contribution in [2.75, 3.05) is 13.7 Å². The van der Waals surface area contributed by atoms with Gasteiger partial charge in [-0.25, -0.2) is 4.39 Å². The van der Waals surface area contributed by atoms with E-state index in [9.17, 15) is 9.18 Å². The molecule has 1 rings (SSSR count). The average molecular weight is 255 g/mol. The number of carbonyl (C=O) groups is 1. The van der Waals surface area contributed by atoms with Crippen molar-refractivity contribution in [1.82, 2.24) is 5.32 Å². The van der Waals surface area contributed by atoms with Gasteiger partial charge in [-0.3, -0.25) is 4.79 Å². The van der Waals surface area contributed by atoms with Crippen LogP contribution in [0.2, 0.25) is 0 Å². The lowest BCUT2D eigenvalue weighted by atomic mass is 10.0. The molecule has 1 aromatic carbocycles. The first-order valence-corrected chi connectivity index (χ1v) is 5.74. The smallest absolute Gasteiger partial charge is 0.255 e. The first kappa shape index (κ1) is 14.4. The number of aliphatic hydroxyl groups excluding tert-OH is 1. The van der Waals surface area contributed by atoms with Gasteiger partial charge in [-0.2, -0.15) is 0 Å². The van der Waals surface area contributed by atoms with E-state index in [-0.39, 0.29) is 24.1 Å². The molecule has 2 atom stereocenters. The molecule has 0 radical (unpaired) electrons. The van der Waals surface area contributed by atoms with Crippen LogP contribution in [-0.4, -0.2) is 30.8 Å². The minimum Gasteiger partial charge on any atom is -0.496 e. The molecule has 0 spiro atoms. The number of methoxy groups -OCH3 is 1. The van der Waals surface area contributed by atoms with E-state index < -0.39 is 11.7 Å². The molecule has 0 aliphatic carbocycles. The van der Waals surface area contributed by atoms with E-state index in [0.717, 1.165) is 6.07 Å². The van der Waals surface area contributed by atoms with Gasteiger partial charge in [-0.15, -0.1) is 0 Å². The Morgan fingerprint density at radius 3 is 2.72 bits per heavy atom. The Labute approximate surface area is 106 Å². The number of carbonyl (C=O) groups excluding carboxylic acids is 1.